The van der Waals surface area contributed by atoms with Crippen molar-refractivity contribution in [2.45, 2.75) is 26.2 Å². The molecule has 1 fully saturated rings. The average Bonchev–Trinajstić information content (AvgIpc) is 2.96. The fraction of sp³-hybridized carbons (Fsp3) is 0.467. The van der Waals surface area contributed by atoms with Gasteiger partial charge < -0.3 is 21.1 Å². The van der Waals surface area contributed by atoms with E-state index in [-0.39, 0.29) is 17.2 Å². The maximum Gasteiger partial charge on any atom is 0.337 e. The first kappa shape index (κ1) is 15.2. The van der Waals surface area contributed by atoms with Crippen molar-refractivity contribution in [2.75, 3.05) is 30.7 Å². The van der Waals surface area contributed by atoms with E-state index in [9.17, 15) is 9.59 Å². The molecule has 0 saturated carbocycles. The van der Waals surface area contributed by atoms with Crippen molar-refractivity contribution in [3.8, 4) is 0 Å². The number of hydrogen-bond donors (Lipinski definition) is 3. The number of aryl methyl sites for hydroxylation is 1. The topological polar surface area (TPSA) is 95.7 Å². The van der Waals surface area contributed by atoms with Gasteiger partial charge in [-0.1, -0.05) is 0 Å². The maximum absolute atomic E-state index is 11.9. The summed E-state index contributed by atoms with van der Waals surface area (Å²) >= 11 is 0. The summed E-state index contributed by atoms with van der Waals surface area (Å²) in [7, 11) is 0. The number of anilines is 2. The van der Waals surface area contributed by atoms with Gasteiger partial charge in [-0.2, -0.15) is 0 Å². The molecule has 0 aromatic heterocycles. The number of aromatic carboxylic acids is 1. The molecule has 2 rings (SSSR count). The van der Waals surface area contributed by atoms with Gasteiger partial charge in [0.25, 0.3) is 0 Å². The number of nitrogen functional groups attached to an aromatic ring is 1. The summed E-state index contributed by atoms with van der Waals surface area (Å²) in [5, 5.41) is 12.2. The summed E-state index contributed by atoms with van der Waals surface area (Å²) in [5.41, 5.74) is 7.49. The van der Waals surface area contributed by atoms with Gasteiger partial charge in [-0.3, -0.25) is 4.79 Å². The molecule has 6 nitrogen and oxygen atoms in total. The van der Waals surface area contributed by atoms with Crippen LogP contribution >= 0.6 is 0 Å². The van der Waals surface area contributed by atoms with E-state index in [1.165, 1.54) is 6.07 Å². The quantitative estimate of drug-likeness (QED) is 0.718. The number of rotatable bonds is 5. The normalized spacial score (nSPS) is 14.2. The third-order valence-corrected chi connectivity index (χ3v) is 3.74. The minimum absolute atomic E-state index is 0.0865. The van der Waals surface area contributed by atoms with Crippen LogP contribution in [-0.2, 0) is 4.79 Å². The molecule has 1 saturated heterocycles. The Balaban J connectivity index is 1.94. The van der Waals surface area contributed by atoms with E-state index in [1.807, 2.05) is 4.90 Å². The Hall–Kier alpha value is -2.24. The highest BCUT2D eigenvalue weighted by Gasteiger charge is 2.17. The SMILES string of the molecule is Cc1cc(NCCC(=O)N2CCCC2)cc(C(=O)O)c1N. The lowest BCUT2D eigenvalue weighted by atomic mass is 10.1. The number of carboxylic acid groups (broad SMARTS) is 1. The second-order valence-electron chi connectivity index (χ2n) is 5.32. The molecule has 0 atom stereocenters. The van der Waals surface area contributed by atoms with Crippen molar-refractivity contribution in [3.63, 3.8) is 0 Å². The Kier molecular flexibility index (Phi) is 4.67. The molecule has 21 heavy (non-hydrogen) atoms. The lowest BCUT2D eigenvalue weighted by Gasteiger charge is -2.16. The summed E-state index contributed by atoms with van der Waals surface area (Å²) < 4.78 is 0. The van der Waals surface area contributed by atoms with Gasteiger partial charge in [0.15, 0.2) is 0 Å². The van der Waals surface area contributed by atoms with Gasteiger partial charge in [-0.25, -0.2) is 4.79 Å². The zero-order valence-corrected chi connectivity index (χ0v) is 12.2. The summed E-state index contributed by atoms with van der Waals surface area (Å²) in [6.07, 6.45) is 2.57. The Bertz CT molecular complexity index is 551. The molecule has 1 aliphatic heterocycles. The van der Waals surface area contributed by atoms with Gasteiger partial charge in [-0.05, 0) is 37.5 Å². The third kappa shape index (κ3) is 3.65. The zero-order chi connectivity index (χ0) is 15.4. The predicted octanol–water partition coefficient (Wildman–Crippen LogP) is 1.70. The number of carboxylic acids is 1. The van der Waals surface area contributed by atoms with Crippen molar-refractivity contribution in [1.29, 1.82) is 0 Å². The van der Waals surface area contributed by atoms with Crippen LogP contribution < -0.4 is 11.1 Å². The van der Waals surface area contributed by atoms with Gasteiger partial charge in [0.05, 0.1) is 5.56 Å². The molecule has 1 aromatic rings. The number of nitrogens with zero attached hydrogens (tertiary/aromatic N) is 1. The second-order valence-corrected chi connectivity index (χ2v) is 5.32. The van der Waals surface area contributed by atoms with Gasteiger partial charge in [-0.15, -0.1) is 0 Å². The van der Waals surface area contributed by atoms with Crippen LogP contribution in [0.15, 0.2) is 12.1 Å². The van der Waals surface area contributed by atoms with Crippen LogP contribution in [0.3, 0.4) is 0 Å². The van der Waals surface area contributed by atoms with E-state index < -0.39 is 5.97 Å². The van der Waals surface area contributed by atoms with Crippen molar-refractivity contribution in [3.05, 3.63) is 23.3 Å². The standard InChI is InChI=1S/C15H21N3O3/c1-10-8-11(9-12(14(10)16)15(20)21)17-5-4-13(19)18-6-2-3-7-18/h8-9,17H,2-7,16H2,1H3,(H,20,21). The van der Waals surface area contributed by atoms with Gasteiger partial charge in [0, 0.05) is 37.4 Å². The monoisotopic (exact) mass is 291 g/mol. The number of benzene rings is 1. The van der Waals surface area contributed by atoms with E-state index in [4.69, 9.17) is 10.8 Å². The Morgan fingerprint density at radius 3 is 2.62 bits per heavy atom. The number of nitrogens with two attached hydrogens (primary N) is 1. The largest absolute Gasteiger partial charge is 0.478 e. The van der Waals surface area contributed by atoms with Gasteiger partial charge in [0.2, 0.25) is 5.91 Å². The van der Waals surface area contributed by atoms with Crippen molar-refractivity contribution < 1.29 is 14.7 Å². The lowest BCUT2D eigenvalue weighted by Crippen LogP contribution is -2.29. The van der Waals surface area contributed by atoms with E-state index in [1.54, 1.807) is 13.0 Å². The fourth-order valence-electron chi connectivity index (χ4n) is 2.52. The second kappa shape index (κ2) is 6.47. The molecule has 1 aliphatic rings. The molecule has 0 radical (unpaired) electrons. The lowest BCUT2D eigenvalue weighted by molar-refractivity contribution is -0.129. The highest BCUT2D eigenvalue weighted by Crippen LogP contribution is 2.23. The van der Waals surface area contributed by atoms with Gasteiger partial charge in [0.1, 0.15) is 0 Å². The van der Waals surface area contributed by atoms with Crippen LogP contribution in [0.2, 0.25) is 0 Å². The highest BCUT2D eigenvalue weighted by molar-refractivity contribution is 5.95. The minimum Gasteiger partial charge on any atom is -0.478 e. The maximum atomic E-state index is 11.9. The van der Waals surface area contributed by atoms with Crippen LogP contribution in [-0.4, -0.2) is 41.5 Å². The number of amides is 1. The van der Waals surface area contributed by atoms with Crippen molar-refractivity contribution >= 4 is 23.3 Å². The summed E-state index contributed by atoms with van der Waals surface area (Å²) in [4.78, 5) is 24.9. The van der Waals surface area contributed by atoms with E-state index in [2.05, 4.69) is 5.32 Å². The smallest absolute Gasteiger partial charge is 0.337 e. The van der Waals surface area contributed by atoms with E-state index in [0.717, 1.165) is 25.9 Å². The third-order valence-electron chi connectivity index (χ3n) is 3.74. The highest BCUT2D eigenvalue weighted by atomic mass is 16.4. The van der Waals surface area contributed by atoms with Crippen LogP contribution in [0.4, 0.5) is 11.4 Å². The van der Waals surface area contributed by atoms with Crippen LogP contribution in [0.25, 0.3) is 0 Å². The predicted molar refractivity (Wildman–Crippen MR) is 81.5 cm³/mol. The number of nitrogens with one attached hydrogen (secondary N) is 1. The van der Waals surface area contributed by atoms with Crippen LogP contribution in [0.5, 0.6) is 0 Å². The number of carbonyl (C=O) groups is 2. The zero-order valence-electron chi connectivity index (χ0n) is 12.2. The van der Waals surface area contributed by atoms with E-state index in [0.29, 0.717) is 24.2 Å². The van der Waals surface area contributed by atoms with Crippen LogP contribution in [0.1, 0.15) is 35.2 Å². The summed E-state index contributed by atoms with van der Waals surface area (Å²) in [6, 6.07) is 3.30. The Morgan fingerprint density at radius 2 is 2.00 bits per heavy atom. The fourth-order valence-corrected chi connectivity index (χ4v) is 2.52. The first-order chi connectivity index (χ1) is 9.99. The molecule has 114 valence electrons. The molecule has 0 bridgehead atoms. The molecule has 1 aromatic carbocycles. The number of carbonyl (C=O) groups excluding carboxylic acids is 1. The van der Waals surface area contributed by atoms with Crippen LogP contribution in [0, 0.1) is 6.92 Å². The summed E-state index contributed by atoms with van der Waals surface area (Å²) in [5.74, 6) is -0.905. The first-order valence-electron chi connectivity index (χ1n) is 7.14. The molecule has 1 amide bonds. The molecule has 0 unspecified atom stereocenters. The van der Waals surface area contributed by atoms with Gasteiger partial charge >= 0.3 is 5.97 Å². The molecular formula is C15H21N3O3. The van der Waals surface area contributed by atoms with E-state index >= 15 is 0 Å². The first-order valence-corrected chi connectivity index (χ1v) is 7.14. The molecule has 0 spiro atoms. The number of hydrogen-bond acceptors (Lipinski definition) is 4. The average molecular weight is 291 g/mol. The van der Waals surface area contributed by atoms with Crippen molar-refractivity contribution in [1.82, 2.24) is 4.90 Å². The Morgan fingerprint density at radius 1 is 1.33 bits per heavy atom. The molecule has 4 N–H and O–H groups in total. The Labute approximate surface area is 123 Å². The molecule has 1 heterocycles. The molecular weight excluding hydrogens is 270 g/mol. The minimum atomic E-state index is -1.05. The summed E-state index contributed by atoms with van der Waals surface area (Å²) in [6.45, 7) is 3.95. The number of likely N-dealkylation sites (tertiary alicyclic amines) is 1. The molecule has 6 heteroatoms. The molecule has 0 aliphatic carbocycles. The van der Waals surface area contributed by atoms with Crippen molar-refractivity contribution in [2.24, 2.45) is 0 Å².